The number of aromatic amines is 1. The first-order valence-electron chi connectivity index (χ1n) is 12.3. The van der Waals surface area contributed by atoms with E-state index in [1.807, 2.05) is 6.07 Å². The summed E-state index contributed by atoms with van der Waals surface area (Å²) in [6.45, 7) is 0.292. The van der Waals surface area contributed by atoms with Crippen molar-refractivity contribution < 1.29 is 18.3 Å². The van der Waals surface area contributed by atoms with Crippen molar-refractivity contribution >= 4 is 7.75 Å². The number of H-pyrrole nitrogens is 1. The van der Waals surface area contributed by atoms with E-state index in [0.29, 0.717) is 38.5 Å². The fourth-order valence-corrected chi connectivity index (χ4v) is 4.88. The average Bonchev–Trinajstić information content (AvgIpc) is 3.35. The third kappa shape index (κ3) is 10.8. The predicted molar refractivity (Wildman–Crippen MR) is 139 cm³/mol. The van der Waals surface area contributed by atoms with E-state index in [1.165, 1.54) is 10.8 Å². The van der Waals surface area contributed by atoms with Crippen LogP contribution in [0.3, 0.4) is 0 Å². The first-order valence-corrected chi connectivity index (χ1v) is 13.8. The summed E-state index contributed by atoms with van der Waals surface area (Å²) in [5.74, 6) is 10.9. The number of hydrogen-bond donors (Lipinski definition) is 2. The number of nitrogens with one attached hydrogen (secondary N) is 2. The Balaban J connectivity index is 1.97. The monoisotopic (exact) mass is 528 g/mol. The van der Waals surface area contributed by atoms with E-state index in [2.05, 4.69) is 33.8 Å². The van der Waals surface area contributed by atoms with E-state index in [9.17, 15) is 14.2 Å². The van der Waals surface area contributed by atoms with Gasteiger partial charge in [0.05, 0.1) is 31.8 Å². The van der Waals surface area contributed by atoms with Crippen LogP contribution in [0.5, 0.6) is 0 Å². The molecule has 37 heavy (non-hydrogen) atoms. The lowest BCUT2D eigenvalue weighted by Gasteiger charge is -2.21. The molecule has 0 amide bonds. The molecule has 0 aliphatic carbocycles. The first kappa shape index (κ1) is 30.1. The maximum Gasteiger partial charge on any atom is 0.405 e. The largest absolute Gasteiger partial charge is 0.405 e. The molecule has 0 bridgehead atoms. The predicted octanol–water partition coefficient (Wildman–Crippen LogP) is 3.21. The second kappa shape index (κ2) is 16.6. The summed E-state index contributed by atoms with van der Waals surface area (Å²) in [6, 6.07) is 1.93. The highest BCUT2D eigenvalue weighted by Crippen LogP contribution is 2.44. The molecule has 10 nitrogen and oxygen atoms in total. The number of unbranched alkanes of at least 4 members (excludes halogenated alkanes) is 5. The standard InChI is InChI=1S/C26H33N4O6P/c1-3-5-7-9-10-11-14-22-21-30(26(32)29-25(22)31)24-16-15-23(36-24)20-28-37(33,35-19-13-17-27)34-18-12-8-6-4-2/h1-2,21,23-24H,5-10,12-13,15-16,18-20H2,(H,28,33)(H,29,31,32). The van der Waals surface area contributed by atoms with Gasteiger partial charge in [-0.25, -0.2) is 14.4 Å². The maximum absolute atomic E-state index is 13.1. The lowest BCUT2D eigenvalue weighted by molar-refractivity contribution is 0.000984. The van der Waals surface area contributed by atoms with Crippen LogP contribution in [0.1, 0.15) is 76.0 Å². The first-order chi connectivity index (χ1) is 17.9. The van der Waals surface area contributed by atoms with Crippen LogP contribution in [0, 0.1) is 47.9 Å². The van der Waals surface area contributed by atoms with Crippen LogP contribution in [0.4, 0.5) is 0 Å². The number of nitriles is 1. The lowest BCUT2D eigenvalue weighted by Crippen LogP contribution is -2.34. The summed E-state index contributed by atoms with van der Waals surface area (Å²) < 4.78 is 31.2. The maximum atomic E-state index is 13.1. The Hall–Kier alpha value is -3.08. The van der Waals surface area contributed by atoms with Crippen LogP contribution >= 0.6 is 7.75 Å². The van der Waals surface area contributed by atoms with Crippen LogP contribution in [-0.2, 0) is 18.3 Å². The Labute approximate surface area is 217 Å². The van der Waals surface area contributed by atoms with Gasteiger partial charge in [0, 0.05) is 32.0 Å². The minimum Gasteiger partial charge on any atom is -0.353 e. The molecule has 1 aliphatic rings. The van der Waals surface area contributed by atoms with E-state index in [4.69, 9.17) is 31.9 Å². The molecule has 0 radical (unpaired) electrons. The minimum atomic E-state index is -3.67. The number of rotatable bonds is 15. The third-order valence-electron chi connectivity index (χ3n) is 5.42. The molecule has 0 spiro atoms. The molecule has 3 unspecified atom stereocenters. The zero-order valence-corrected chi connectivity index (χ0v) is 21.8. The summed E-state index contributed by atoms with van der Waals surface area (Å²) in [7, 11) is -3.67. The van der Waals surface area contributed by atoms with Gasteiger partial charge in [-0.05, 0) is 38.5 Å². The van der Waals surface area contributed by atoms with E-state index in [1.54, 1.807) is 0 Å². The van der Waals surface area contributed by atoms with Gasteiger partial charge in [0.25, 0.3) is 5.56 Å². The molecule has 0 aromatic carbocycles. The zero-order chi connectivity index (χ0) is 26.9. The molecule has 1 aromatic rings. The number of hydrogen-bond acceptors (Lipinski definition) is 7. The minimum absolute atomic E-state index is 0.0419. The Bertz CT molecular complexity index is 1220. The molecular weight excluding hydrogens is 495 g/mol. The fraction of sp³-hybridized carbons (Fsp3) is 0.577. The van der Waals surface area contributed by atoms with Gasteiger partial charge in [-0.1, -0.05) is 11.8 Å². The second-order valence-electron chi connectivity index (χ2n) is 8.31. The molecule has 0 saturated carbocycles. The van der Waals surface area contributed by atoms with E-state index in [-0.39, 0.29) is 37.8 Å². The molecule has 1 aliphatic heterocycles. The molecule has 2 N–H and O–H groups in total. The van der Waals surface area contributed by atoms with Gasteiger partial charge in [0.2, 0.25) is 0 Å². The van der Waals surface area contributed by atoms with Crippen molar-refractivity contribution in [1.82, 2.24) is 14.6 Å². The fourth-order valence-electron chi connectivity index (χ4n) is 3.50. The molecule has 2 rings (SSSR count). The Morgan fingerprint density at radius 2 is 1.78 bits per heavy atom. The quantitative estimate of drug-likeness (QED) is 0.201. The van der Waals surface area contributed by atoms with Crippen molar-refractivity contribution in [1.29, 1.82) is 5.26 Å². The van der Waals surface area contributed by atoms with E-state index < -0.39 is 25.2 Å². The summed E-state index contributed by atoms with van der Waals surface area (Å²) in [5, 5.41) is 11.5. The van der Waals surface area contributed by atoms with Gasteiger partial charge < -0.3 is 4.74 Å². The Morgan fingerprint density at radius 1 is 1.08 bits per heavy atom. The van der Waals surface area contributed by atoms with Gasteiger partial charge >= 0.3 is 13.4 Å². The highest BCUT2D eigenvalue weighted by Gasteiger charge is 2.31. The second-order valence-corrected chi connectivity index (χ2v) is 10.1. The van der Waals surface area contributed by atoms with Crippen LogP contribution in [0.2, 0.25) is 0 Å². The topological polar surface area (TPSA) is 135 Å². The van der Waals surface area contributed by atoms with Gasteiger partial charge in [0.1, 0.15) is 11.8 Å². The summed E-state index contributed by atoms with van der Waals surface area (Å²) in [4.78, 5) is 26.9. The normalized spacial score (nSPS) is 18.1. The van der Waals surface area contributed by atoms with E-state index in [0.717, 1.165) is 19.3 Å². The molecule has 11 heteroatoms. The van der Waals surface area contributed by atoms with Gasteiger partial charge in [-0.2, -0.15) is 5.26 Å². The van der Waals surface area contributed by atoms with Gasteiger partial charge in [0.15, 0.2) is 0 Å². The van der Waals surface area contributed by atoms with Crippen LogP contribution in [-0.4, -0.2) is 35.4 Å². The van der Waals surface area contributed by atoms with Crippen LogP contribution in [0.25, 0.3) is 0 Å². The number of terminal acetylenes is 2. The van der Waals surface area contributed by atoms with Crippen molar-refractivity contribution in [3.8, 4) is 42.6 Å². The molecular formula is C26H33N4O6P. The smallest absolute Gasteiger partial charge is 0.353 e. The highest BCUT2D eigenvalue weighted by atomic mass is 31.2. The highest BCUT2D eigenvalue weighted by molar-refractivity contribution is 7.51. The molecule has 1 aromatic heterocycles. The third-order valence-corrected chi connectivity index (χ3v) is 7.04. The molecule has 2 heterocycles. The molecule has 1 fully saturated rings. The van der Waals surface area contributed by atoms with Crippen LogP contribution < -0.4 is 16.3 Å². The number of nitrogens with zero attached hydrogens (tertiary/aromatic N) is 2. The van der Waals surface area contributed by atoms with Gasteiger partial charge in [-0.15, -0.1) is 24.7 Å². The number of aromatic nitrogens is 2. The SMILES string of the molecule is C#CCCCCC#Cc1cn(C2CCC(CNP(=O)(OCCC#N)OCCCCC#C)O2)c(=O)[nH]c1=O. The van der Waals surface area contributed by atoms with Gasteiger partial charge in [-0.3, -0.25) is 23.4 Å². The van der Waals surface area contributed by atoms with Crippen molar-refractivity contribution in [2.75, 3.05) is 19.8 Å². The van der Waals surface area contributed by atoms with Crippen molar-refractivity contribution in [2.45, 2.75) is 76.5 Å². The number of ether oxygens (including phenoxy) is 1. The van der Waals surface area contributed by atoms with Crippen molar-refractivity contribution in [3.05, 3.63) is 32.6 Å². The Morgan fingerprint density at radius 3 is 2.51 bits per heavy atom. The molecule has 1 saturated heterocycles. The lowest BCUT2D eigenvalue weighted by atomic mass is 10.2. The van der Waals surface area contributed by atoms with Crippen LogP contribution in [0.15, 0.2) is 15.8 Å². The van der Waals surface area contributed by atoms with Crippen molar-refractivity contribution in [2.24, 2.45) is 0 Å². The van der Waals surface area contributed by atoms with Crippen molar-refractivity contribution in [3.63, 3.8) is 0 Å². The molecule has 3 atom stereocenters. The average molecular weight is 529 g/mol. The summed E-state index contributed by atoms with van der Waals surface area (Å²) in [5.41, 5.74) is -0.970. The zero-order valence-electron chi connectivity index (χ0n) is 20.9. The molecule has 198 valence electrons. The summed E-state index contributed by atoms with van der Waals surface area (Å²) in [6.07, 6.45) is 16.9. The van der Waals surface area contributed by atoms with E-state index >= 15 is 0 Å². The summed E-state index contributed by atoms with van der Waals surface area (Å²) >= 11 is 0. The Kier molecular flexibility index (Phi) is 13.5.